The fourth-order valence-electron chi connectivity index (χ4n) is 3.37. The van der Waals surface area contributed by atoms with E-state index in [4.69, 9.17) is 0 Å². The molecule has 0 amide bonds. The fourth-order valence-corrected chi connectivity index (χ4v) is 3.37. The van der Waals surface area contributed by atoms with E-state index < -0.39 is 5.97 Å². The Bertz CT molecular complexity index is 507. The molecular weight excluding hydrogens is 262 g/mol. The van der Waals surface area contributed by atoms with Crippen molar-refractivity contribution in [3.05, 3.63) is 47.0 Å². The van der Waals surface area contributed by atoms with E-state index in [0.717, 1.165) is 25.0 Å². The number of hydrogen-bond donors (Lipinski definition) is 1. The van der Waals surface area contributed by atoms with Crippen molar-refractivity contribution in [1.29, 1.82) is 0 Å². The van der Waals surface area contributed by atoms with Crippen LogP contribution >= 0.6 is 0 Å². The minimum absolute atomic E-state index is 0.379. The molecule has 21 heavy (non-hydrogen) atoms. The van der Waals surface area contributed by atoms with Gasteiger partial charge in [-0.1, -0.05) is 42.8 Å². The van der Waals surface area contributed by atoms with Crippen LogP contribution in [0, 0.1) is 0 Å². The molecule has 3 nitrogen and oxygen atoms in total. The minimum Gasteiger partial charge on any atom is -0.478 e. The van der Waals surface area contributed by atoms with E-state index in [1.165, 1.54) is 5.56 Å². The zero-order valence-electron chi connectivity index (χ0n) is 13.2. The summed E-state index contributed by atoms with van der Waals surface area (Å²) in [4.78, 5) is 13.8. The lowest BCUT2D eigenvalue weighted by molar-refractivity contribution is -0.132. The van der Waals surface area contributed by atoms with Crippen LogP contribution in [-0.2, 0) is 11.3 Å². The van der Waals surface area contributed by atoms with Gasteiger partial charge in [-0.05, 0) is 38.7 Å². The second-order valence-electron chi connectivity index (χ2n) is 6.01. The van der Waals surface area contributed by atoms with Gasteiger partial charge in [0.1, 0.15) is 0 Å². The van der Waals surface area contributed by atoms with Crippen molar-refractivity contribution in [3.8, 4) is 0 Å². The third kappa shape index (κ3) is 3.73. The van der Waals surface area contributed by atoms with Crippen molar-refractivity contribution in [1.82, 2.24) is 4.90 Å². The molecule has 1 aromatic rings. The molecule has 2 atom stereocenters. The van der Waals surface area contributed by atoms with Gasteiger partial charge in [0.25, 0.3) is 0 Å². The van der Waals surface area contributed by atoms with E-state index in [1.54, 1.807) is 0 Å². The van der Waals surface area contributed by atoms with Gasteiger partial charge in [-0.2, -0.15) is 0 Å². The number of piperidine rings is 1. The predicted molar refractivity (Wildman–Crippen MR) is 85.1 cm³/mol. The van der Waals surface area contributed by atoms with Crippen LogP contribution < -0.4 is 0 Å². The maximum atomic E-state index is 11.3. The highest BCUT2D eigenvalue weighted by Crippen LogP contribution is 2.31. The lowest BCUT2D eigenvalue weighted by atomic mass is 9.87. The summed E-state index contributed by atoms with van der Waals surface area (Å²) in [5.41, 5.74) is 3.07. The molecule has 1 aromatic carbocycles. The van der Waals surface area contributed by atoms with E-state index in [1.807, 2.05) is 13.0 Å². The average molecular weight is 287 g/mol. The largest absolute Gasteiger partial charge is 0.478 e. The molecule has 1 heterocycles. The fraction of sp³-hybridized carbons (Fsp3) is 0.500. The van der Waals surface area contributed by atoms with Crippen molar-refractivity contribution in [2.24, 2.45) is 0 Å². The molecule has 114 valence electrons. The number of carbonyl (C=O) groups is 1. The molecule has 3 heteroatoms. The first kappa shape index (κ1) is 15.8. The van der Waals surface area contributed by atoms with Crippen LogP contribution in [0.2, 0.25) is 0 Å². The molecule has 1 saturated heterocycles. The Labute approximate surface area is 127 Å². The molecule has 0 radical (unpaired) electrons. The second kappa shape index (κ2) is 6.90. The standard InChI is InChI=1S/C18H25NO2/c1-4-17(18(20)21)16-10-13(2)19(14(3)11-16)12-15-8-6-5-7-9-15/h5-9,13-14H,4,10-12H2,1-3H3,(H,20,21)/t13-,14+. The molecular formula is C18H25NO2. The van der Waals surface area contributed by atoms with E-state index in [-0.39, 0.29) is 0 Å². The van der Waals surface area contributed by atoms with Crippen molar-refractivity contribution in [3.63, 3.8) is 0 Å². The van der Waals surface area contributed by atoms with E-state index in [9.17, 15) is 9.90 Å². The molecule has 0 bridgehead atoms. The summed E-state index contributed by atoms with van der Waals surface area (Å²) in [6.45, 7) is 7.27. The van der Waals surface area contributed by atoms with Gasteiger partial charge in [-0.15, -0.1) is 0 Å². The Morgan fingerprint density at radius 1 is 1.19 bits per heavy atom. The average Bonchev–Trinajstić information content (AvgIpc) is 2.44. The van der Waals surface area contributed by atoms with Gasteiger partial charge in [-0.3, -0.25) is 4.90 Å². The van der Waals surface area contributed by atoms with Gasteiger partial charge in [-0.25, -0.2) is 4.79 Å². The molecule has 2 rings (SSSR count). The Balaban J connectivity index is 2.14. The Morgan fingerprint density at radius 2 is 1.76 bits per heavy atom. The summed E-state index contributed by atoms with van der Waals surface area (Å²) in [6.07, 6.45) is 2.35. The summed E-state index contributed by atoms with van der Waals surface area (Å²) >= 11 is 0. The van der Waals surface area contributed by atoms with Gasteiger partial charge >= 0.3 is 5.97 Å². The lowest BCUT2D eigenvalue weighted by Gasteiger charge is -2.40. The van der Waals surface area contributed by atoms with E-state index in [0.29, 0.717) is 24.1 Å². The van der Waals surface area contributed by atoms with Crippen LogP contribution in [0.3, 0.4) is 0 Å². The summed E-state index contributed by atoms with van der Waals surface area (Å²) < 4.78 is 0. The monoisotopic (exact) mass is 287 g/mol. The first-order valence-corrected chi connectivity index (χ1v) is 7.76. The van der Waals surface area contributed by atoms with Crippen LogP contribution in [0.1, 0.15) is 45.6 Å². The smallest absolute Gasteiger partial charge is 0.331 e. The van der Waals surface area contributed by atoms with Crippen LogP contribution in [-0.4, -0.2) is 28.1 Å². The topological polar surface area (TPSA) is 40.5 Å². The van der Waals surface area contributed by atoms with Gasteiger partial charge in [0.15, 0.2) is 0 Å². The van der Waals surface area contributed by atoms with Crippen molar-refractivity contribution in [2.45, 2.75) is 58.7 Å². The first-order chi connectivity index (χ1) is 10.0. The third-order valence-electron chi connectivity index (χ3n) is 4.46. The number of hydrogen-bond acceptors (Lipinski definition) is 2. The molecule has 0 aliphatic carbocycles. The highest BCUT2D eigenvalue weighted by molar-refractivity contribution is 5.87. The quantitative estimate of drug-likeness (QED) is 0.855. The predicted octanol–water partition coefficient (Wildman–Crippen LogP) is 3.85. The molecule has 0 unspecified atom stereocenters. The highest BCUT2D eigenvalue weighted by atomic mass is 16.4. The number of aliphatic carboxylic acids is 1. The highest BCUT2D eigenvalue weighted by Gasteiger charge is 2.29. The number of likely N-dealkylation sites (tertiary alicyclic amines) is 1. The van der Waals surface area contributed by atoms with Crippen molar-refractivity contribution < 1.29 is 9.90 Å². The number of carboxylic acid groups (broad SMARTS) is 1. The first-order valence-electron chi connectivity index (χ1n) is 7.76. The minimum atomic E-state index is -0.747. The zero-order valence-corrected chi connectivity index (χ0v) is 13.2. The molecule has 0 spiro atoms. The molecule has 0 saturated carbocycles. The van der Waals surface area contributed by atoms with Crippen molar-refractivity contribution in [2.75, 3.05) is 0 Å². The summed E-state index contributed by atoms with van der Waals surface area (Å²) in [5.74, 6) is -0.747. The van der Waals surface area contributed by atoms with Crippen LogP contribution in [0.5, 0.6) is 0 Å². The number of nitrogens with zero attached hydrogens (tertiary/aromatic N) is 1. The summed E-state index contributed by atoms with van der Waals surface area (Å²) in [6, 6.07) is 11.2. The van der Waals surface area contributed by atoms with Gasteiger partial charge < -0.3 is 5.11 Å². The molecule has 1 N–H and O–H groups in total. The summed E-state index contributed by atoms with van der Waals surface area (Å²) in [7, 11) is 0. The van der Waals surface area contributed by atoms with Gasteiger partial charge in [0, 0.05) is 24.2 Å². The molecule has 1 aliphatic heterocycles. The van der Waals surface area contributed by atoms with Gasteiger partial charge in [0.2, 0.25) is 0 Å². The molecule has 1 fully saturated rings. The normalized spacial score (nSPS) is 25.7. The number of carboxylic acids is 1. The number of rotatable bonds is 4. The maximum Gasteiger partial charge on any atom is 0.331 e. The third-order valence-corrected chi connectivity index (χ3v) is 4.46. The molecule has 0 aromatic heterocycles. The van der Waals surface area contributed by atoms with Crippen LogP contribution in [0.4, 0.5) is 0 Å². The number of benzene rings is 1. The molecule has 1 aliphatic rings. The second-order valence-corrected chi connectivity index (χ2v) is 6.01. The van der Waals surface area contributed by atoms with Gasteiger partial charge in [0.05, 0.1) is 0 Å². The SMILES string of the molecule is CCC(C(=O)O)=C1C[C@@H](C)N(Cc2ccccc2)[C@@H](C)C1. The van der Waals surface area contributed by atoms with Crippen molar-refractivity contribution >= 4 is 5.97 Å². The Morgan fingerprint density at radius 3 is 2.24 bits per heavy atom. The van der Waals surface area contributed by atoms with E-state index in [2.05, 4.69) is 43.0 Å². The Kier molecular flexibility index (Phi) is 5.18. The van der Waals surface area contributed by atoms with Crippen LogP contribution in [0.15, 0.2) is 41.5 Å². The summed E-state index contributed by atoms with van der Waals surface area (Å²) in [5, 5.41) is 9.33. The zero-order chi connectivity index (χ0) is 15.4. The Hall–Kier alpha value is -1.61. The maximum absolute atomic E-state index is 11.3. The van der Waals surface area contributed by atoms with Crippen LogP contribution in [0.25, 0.3) is 0 Å². The lowest BCUT2D eigenvalue weighted by Crippen LogP contribution is -2.44. The van der Waals surface area contributed by atoms with E-state index >= 15 is 0 Å².